The maximum absolute atomic E-state index is 10.7. The molecule has 1 aromatic heterocycles. The fourth-order valence-electron chi connectivity index (χ4n) is 1.53. The predicted octanol–water partition coefficient (Wildman–Crippen LogP) is 2.34. The summed E-state index contributed by atoms with van der Waals surface area (Å²) in [4.78, 5) is 25.7. The van der Waals surface area contributed by atoms with Crippen LogP contribution in [0.5, 0.6) is 0 Å². The van der Waals surface area contributed by atoms with Crippen LogP contribution < -0.4 is 4.90 Å². The van der Waals surface area contributed by atoms with Gasteiger partial charge in [0.25, 0.3) is 0 Å². The van der Waals surface area contributed by atoms with Crippen molar-refractivity contribution in [1.82, 2.24) is 4.98 Å². The fourth-order valence-corrected chi connectivity index (χ4v) is 2.46. The minimum Gasteiger partial charge on any atom is -0.481 e. The van der Waals surface area contributed by atoms with E-state index in [9.17, 15) is 18.0 Å². The van der Waals surface area contributed by atoms with Gasteiger partial charge in [0.1, 0.15) is 4.34 Å². The van der Waals surface area contributed by atoms with Crippen LogP contribution >= 0.6 is 22.9 Å². The third-order valence-corrected chi connectivity index (χ3v) is 3.69. The number of carbonyl (C=O) groups is 2. The van der Waals surface area contributed by atoms with E-state index >= 15 is 0 Å². The molecule has 1 fully saturated rings. The van der Waals surface area contributed by atoms with Gasteiger partial charge in [-0.1, -0.05) is 22.9 Å². The number of thiazole rings is 1. The number of nitrogens with zero attached hydrogens (tertiary/aromatic N) is 2. The van der Waals surface area contributed by atoms with Gasteiger partial charge in [-0.2, -0.15) is 13.2 Å². The minimum absolute atomic E-state index is 0.266. The molecule has 11 heteroatoms. The maximum Gasteiger partial charge on any atom is 0.490 e. The van der Waals surface area contributed by atoms with Gasteiger partial charge in [0, 0.05) is 13.1 Å². The molecular weight excluding hydrogens is 337 g/mol. The van der Waals surface area contributed by atoms with Crippen molar-refractivity contribution < 1.29 is 33.0 Å². The number of carboxylic acids is 2. The molecule has 1 aliphatic heterocycles. The van der Waals surface area contributed by atoms with Crippen LogP contribution in [0.1, 0.15) is 6.42 Å². The number of rotatable bonds is 2. The summed E-state index contributed by atoms with van der Waals surface area (Å²) >= 11 is 7.14. The first-order valence-electron chi connectivity index (χ1n) is 5.50. The third kappa shape index (κ3) is 5.38. The number of anilines is 1. The molecule has 0 saturated carbocycles. The van der Waals surface area contributed by atoms with Crippen molar-refractivity contribution in [3.8, 4) is 0 Å². The van der Waals surface area contributed by atoms with Crippen molar-refractivity contribution in [2.45, 2.75) is 12.6 Å². The summed E-state index contributed by atoms with van der Waals surface area (Å²) in [5.41, 5.74) is 0. The highest BCUT2D eigenvalue weighted by Gasteiger charge is 2.38. The van der Waals surface area contributed by atoms with Gasteiger partial charge in [0.15, 0.2) is 5.13 Å². The number of aliphatic carboxylic acids is 2. The first-order valence-corrected chi connectivity index (χ1v) is 6.70. The highest BCUT2D eigenvalue weighted by atomic mass is 35.5. The summed E-state index contributed by atoms with van der Waals surface area (Å²) in [7, 11) is 0. The molecule has 2 heterocycles. The van der Waals surface area contributed by atoms with Crippen LogP contribution in [-0.4, -0.2) is 46.4 Å². The molecule has 1 aromatic rings. The van der Waals surface area contributed by atoms with Gasteiger partial charge in [-0.25, -0.2) is 9.78 Å². The number of hydrogen-bond acceptors (Lipinski definition) is 5. The lowest BCUT2D eigenvalue weighted by Crippen LogP contribution is -2.22. The second kappa shape index (κ2) is 6.94. The molecule has 0 aliphatic carbocycles. The average molecular weight is 347 g/mol. The summed E-state index contributed by atoms with van der Waals surface area (Å²) in [5, 5.41) is 16.8. The van der Waals surface area contributed by atoms with Crippen LogP contribution in [0.2, 0.25) is 4.34 Å². The maximum atomic E-state index is 10.7. The SMILES string of the molecule is O=C(O)C(F)(F)F.O=C(O)[C@H]1CCN(c2ncc(Cl)s2)C1. The zero-order valence-electron chi connectivity index (χ0n) is 10.3. The normalized spacial score (nSPS) is 18.1. The Morgan fingerprint density at radius 1 is 1.43 bits per heavy atom. The smallest absolute Gasteiger partial charge is 0.481 e. The molecule has 0 spiro atoms. The molecule has 118 valence electrons. The van der Waals surface area contributed by atoms with E-state index in [2.05, 4.69) is 4.98 Å². The number of alkyl halides is 3. The van der Waals surface area contributed by atoms with Crippen molar-refractivity contribution in [2.24, 2.45) is 5.92 Å². The zero-order valence-corrected chi connectivity index (χ0v) is 11.9. The third-order valence-electron chi connectivity index (χ3n) is 2.52. The lowest BCUT2D eigenvalue weighted by molar-refractivity contribution is -0.192. The molecule has 0 bridgehead atoms. The highest BCUT2D eigenvalue weighted by Crippen LogP contribution is 2.30. The molecule has 1 atom stereocenters. The Labute approximate surface area is 125 Å². The summed E-state index contributed by atoms with van der Waals surface area (Å²) < 4.78 is 32.4. The van der Waals surface area contributed by atoms with E-state index in [0.717, 1.165) is 11.7 Å². The van der Waals surface area contributed by atoms with Crippen molar-refractivity contribution in [2.75, 3.05) is 18.0 Å². The van der Waals surface area contributed by atoms with Gasteiger partial charge >= 0.3 is 18.1 Å². The molecular formula is C10H10ClF3N2O4S. The van der Waals surface area contributed by atoms with Gasteiger partial charge in [-0.3, -0.25) is 4.79 Å². The fraction of sp³-hybridized carbons (Fsp3) is 0.500. The zero-order chi connectivity index (χ0) is 16.2. The van der Waals surface area contributed by atoms with Crippen LogP contribution in [0.4, 0.5) is 18.3 Å². The molecule has 0 amide bonds. The Morgan fingerprint density at radius 3 is 2.33 bits per heavy atom. The Hall–Kier alpha value is -1.55. The van der Waals surface area contributed by atoms with Crippen molar-refractivity contribution in [3.63, 3.8) is 0 Å². The molecule has 6 nitrogen and oxygen atoms in total. The van der Waals surface area contributed by atoms with Gasteiger partial charge in [0.05, 0.1) is 12.1 Å². The lowest BCUT2D eigenvalue weighted by atomic mass is 10.1. The Bertz CT molecular complexity index is 523. The van der Waals surface area contributed by atoms with Gasteiger partial charge in [-0.05, 0) is 6.42 Å². The molecule has 2 N–H and O–H groups in total. The standard InChI is InChI=1S/C8H9ClN2O2S.C2HF3O2/c9-6-3-10-8(14-6)11-2-1-5(4-11)7(12)13;3-2(4,5)1(6)7/h3,5H,1-2,4H2,(H,12,13);(H,6,7)/t5-;/m0./s1. The summed E-state index contributed by atoms with van der Waals surface area (Å²) in [5.74, 6) is -3.75. The first-order chi connectivity index (χ1) is 9.61. The molecule has 1 saturated heterocycles. The van der Waals surface area contributed by atoms with E-state index < -0.39 is 18.1 Å². The van der Waals surface area contributed by atoms with E-state index in [1.807, 2.05) is 4.90 Å². The number of aromatic nitrogens is 1. The second-order valence-corrected chi connectivity index (χ2v) is 5.66. The molecule has 2 rings (SSSR count). The lowest BCUT2D eigenvalue weighted by Gasteiger charge is -2.12. The van der Waals surface area contributed by atoms with Crippen molar-refractivity contribution >= 4 is 40.0 Å². The minimum atomic E-state index is -5.08. The Balaban J connectivity index is 0.000000270. The van der Waals surface area contributed by atoms with Crippen LogP contribution in [-0.2, 0) is 9.59 Å². The van der Waals surface area contributed by atoms with E-state index in [0.29, 0.717) is 17.3 Å². The first kappa shape index (κ1) is 17.5. The summed E-state index contributed by atoms with van der Waals surface area (Å²) in [6, 6.07) is 0. The van der Waals surface area contributed by atoms with Gasteiger partial charge < -0.3 is 15.1 Å². The van der Waals surface area contributed by atoms with Gasteiger partial charge in [-0.15, -0.1) is 0 Å². The van der Waals surface area contributed by atoms with Crippen molar-refractivity contribution in [1.29, 1.82) is 0 Å². The van der Waals surface area contributed by atoms with Crippen LogP contribution in [0, 0.1) is 5.92 Å². The Kier molecular flexibility index (Phi) is 5.78. The Morgan fingerprint density at radius 2 is 2.00 bits per heavy atom. The summed E-state index contributed by atoms with van der Waals surface area (Å²) in [6.07, 6.45) is -2.80. The second-order valence-electron chi connectivity index (χ2n) is 4.02. The molecule has 0 unspecified atom stereocenters. The monoisotopic (exact) mass is 346 g/mol. The van der Waals surface area contributed by atoms with E-state index in [-0.39, 0.29) is 5.92 Å². The average Bonchev–Trinajstić information content (AvgIpc) is 2.96. The van der Waals surface area contributed by atoms with Crippen molar-refractivity contribution in [3.05, 3.63) is 10.5 Å². The highest BCUT2D eigenvalue weighted by molar-refractivity contribution is 7.19. The van der Waals surface area contributed by atoms with E-state index in [4.69, 9.17) is 26.6 Å². The van der Waals surface area contributed by atoms with Gasteiger partial charge in [0.2, 0.25) is 0 Å². The number of hydrogen-bond donors (Lipinski definition) is 2. The topological polar surface area (TPSA) is 90.7 Å². The van der Waals surface area contributed by atoms with Crippen LogP contribution in [0.15, 0.2) is 6.20 Å². The molecule has 0 aromatic carbocycles. The molecule has 1 aliphatic rings. The van der Waals surface area contributed by atoms with Crippen LogP contribution in [0.3, 0.4) is 0 Å². The molecule has 0 radical (unpaired) electrons. The van der Waals surface area contributed by atoms with E-state index in [1.165, 1.54) is 11.3 Å². The van der Waals surface area contributed by atoms with Crippen LogP contribution in [0.25, 0.3) is 0 Å². The number of halogens is 4. The molecule has 21 heavy (non-hydrogen) atoms. The predicted molar refractivity (Wildman–Crippen MR) is 68.8 cm³/mol. The number of carboxylic acid groups (broad SMARTS) is 2. The summed E-state index contributed by atoms with van der Waals surface area (Å²) in [6.45, 7) is 1.29. The largest absolute Gasteiger partial charge is 0.490 e. The van der Waals surface area contributed by atoms with E-state index in [1.54, 1.807) is 6.20 Å². The quantitative estimate of drug-likeness (QED) is 0.854.